The fraction of sp³-hybridized carbons (Fsp3) is 0.455. The highest BCUT2D eigenvalue weighted by molar-refractivity contribution is 5.27. The van der Waals surface area contributed by atoms with E-state index >= 15 is 0 Å². The SMILES string of the molecule is CO[C@@]1(c2cccc(F)c2F)CCNC1. The minimum Gasteiger partial charge on any atom is -0.372 e. The topological polar surface area (TPSA) is 21.3 Å². The Morgan fingerprint density at radius 2 is 2.20 bits per heavy atom. The predicted octanol–water partition coefficient (Wildman–Crippen LogP) is 1.80. The Balaban J connectivity index is 2.47. The summed E-state index contributed by atoms with van der Waals surface area (Å²) < 4.78 is 32.0. The minimum absolute atomic E-state index is 0.301. The predicted molar refractivity (Wildman–Crippen MR) is 52.5 cm³/mol. The van der Waals surface area contributed by atoms with E-state index in [9.17, 15) is 8.78 Å². The van der Waals surface area contributed by atoms with E-state index in [0.717, 1.165) is 12.6 Å². The van der Waals surface area contributed by atoms with Gasteiger partial charge in [-0.3, -0.25) is 0 Å². The maximum absolute atomic E-state index is 13.6. The number of rotatable bonds is 2. The maximum atomic E-state index is 13.6. The number of ether oxygens (including phenoxy) is 1. The lowest BCUT2D eigenvalue weighted by Gasteiger charge is -2.27. The second-order valence-corrected chi connectivity index (χ2v) is 3.73. The fourth-order valence-corrected chi connectivity index (χ4v) is 2.04. The Bertz CT molecular complexity index is 362. The van der Waals surface area contributed by atoms with E-state index in [1.54, 1.807) is 6.07 Å². The van der Waals surface area contributed by atoms with Crippen LogP contribution in [0.2, 0.25) is 0 Å². The van der Waals surface area contributed by atoms with Gasteiger partial charge in [0.1, 0.15) is 5.60 Å². The van der Waals surface area contributed by atoms with Gasteiger partial charge in [-0.15, -0.1) is 0 Å². The van der Waals surface area contributed by atoms with Crippen LogP contribution in [0.5, 0.6) is 0 Å². The Hall–Kier alpha value is -1.00. The lowest BCUT2D eigenvalue weighted by atomic mass is 9.92. The van der Waals surface area contributed by atoms with Gasteiger partial charge in [0.25, 0.3) is 0 Å². The van der Waals surface area contributed by atoms with Crippen LogP contribution in [0.25, 0.3) is 0 Å². The zero-order valence-electron chi connectivity index (χ0n) is 8.52. The zero-order chi connectivity index (χ0) is 10.9. The third-order valence-electron chi connectivity index (χ3n) is 2.95. The van der Waals surface area contributed by atoms with Gasteiger partial charge in [0.2, 0.25) is 0 Å². The molecule has 2 rings (SSSR count). The molecule has 0 aliphatic carbocycles. The molecule has 82 valence electrons. The second kappa shape index (κ2) is 3.87. The van der Waals surface area contributed by atoms with Crippen molar-refractivity contribution in [1.29, 1.82) is 0 Å². The highest BCUT2D eigenvalue weighted by Crippen LogP contribution is 2.33. The van der Waals surface area contributed by atoms with Crippen molar-refractivity contribution >= 4 is 0 Å². The number of hydrogen-bond acceptors (Lipinski definition) is 2. The summed E-state index contributed by atoms with van der Waals surface area (Å²) in [5.41, 5.74) is -0.415. The molecule has 1 atom stereocenters. The molecule has 2 nitrogen and oxygen atoms in total. The van der Waals surface area contributed by atoms with Crippen LogP contribution in [-0.4, -0.2) is 20.2 Å². The third kappa shape index (κ3) is 1.64. The molecule has 0 saturated carbocycles. The zero-order valence-corrected chi connectivity index (χ0v) is 8.52. The average Bonchev–Trinajstić information content (AvgIpc) is 2.72. The summed E-state index contributed by atoms with van der Waals surface area (Å²) in [5.74, 6) is -1.63. The van der Waals surface area contributed by atoms with Gasteiger partial charge in [0, 0.05) is 19.2 Å². The molecule has 1 saturated heterocycles. The third-order valence-corrected chi connectivity index (χ3v) is 2.95. The molecule has 0 radical (unpaired) electrons. The van der Waals surface area contributed by atoms with Crippen LogP contribution < -0.4 is 5.32 Å². The Labute approximate surface area is 87.2 Å². The summed E-state index contributed by atoms with van der Waals surface area (Å²) in [6, 6.07) is 4.20. The standard InChI is InChI=1S/C11H13F2NO/c1-15-11(5-6-14-7-11)8-3-2-4-9(12)10(8)13/h2-4,14H,5-7H2,1H3/t11-/m0/s1. The van der Waals surface area contributed by atoms with Gasteiger partial charge in [0.15, 0.2) is 11.6 Å². The molecule has 1 aliphatic rings. The summed E-state index contributed by atoms with van der Waals surface area (Å²) >= 11 is 0. The van der Waals surface area contributed by atoms with E-state index in [0.29, 0.717) is 18.5 Å². The first-order chi connectivity index (χ1) is 7.19. The van der Waals surface area contributed by atoms with Crippen LogP contribution in [0.4, 0.5) is 8.78 Å². The first-order valence-corrected chi connectivity index (χ1v) is 4.90. The Morgan fingerprint density at radius 3 is 2.80 bits per heavy atom. The van der Waals surface area contributed by atoms with Gasteiger partial charge < -0.3 is 10.1 Å². The molecule has 1 aliphatic heterocycles. The van der Waals surface area contributed by atoms with Crippen LogP contribution in [-0.2, 0) is 10.3 Å². The van der Waals surface area contributed by atoms with E-state index in [1.165, 1.54) is 13.2 Å². The number of halogens is 2. The number of benzene rings is 1. The molecule has 15 heavy (non-hydrogen) atoms. The van der Waals surface area contributed by atoms with E-state index in [1.807, 2.05) is 0 Å². The summed E-state index contributed by atoms with van der Waals surface area (Å²) in [6.07, 6.45) is 0.657. The van der Waals surface area contributed by atoms with Crippen LogP contribution in [0, 0.1) is 11.6 Å². The van der Waals surface area contributed by atoms with E-state index < -0.39 is 17.2 Å². The van der Waals surface area contributed by atoms with Gasteiger partial charge in [-0.2, -0.15) is 0 Å². The summed E-state index contributed by atoms with van der Waals surface area (Å²) in [7, 11) is 1.53. The lowest BCUT2D eigenvalue weighted by Crippen LogP contribution is -2.32. The van der Waals surface area contributed by atoms with E-state index in [-0.39, 0.29) is 0 Å². The second-order valence-electron chi connectivity index (χ2n) is 3.73. The van der Waals surface area contributed by atoms with Crippen LogP contribution in [0.3, 0.4) is 0 Å². The fourth-order valence-electron chi connectivity index (χ4n) is 2.04. The number of nitrogens with one attached hydrogen (secondary N) is 1. The van der Waals surface area contributed by atoms with Gasteiger partial charge in [0.05, 0.1) is 0 Å². The molecule has 0 amide bonds. The largest absolute Gasteiger partial charge is 0.372 e. The summed E-state index contributed by atoms with van der Waals surface area (Å²) in [6.45, 7) is 1.27. The normalized spacial score (nSPS) is 25.8. The van der Waals surface area contributed by atoms with Gasteiger partial charge >= 0.3 is 0 Å². The van der Waals surface area contributed by atoms with Crippen molar-refractivity contribution in [2.24, 2.45) is 0 Å². The maximum Gasteiger partial charge on any atom is 0.164 e. The minimum atomic E-state index is -0.823. The van der Waals surface area contributed by atoms with Gasteiger partial charge in [-0.1, -0.05) is 12.1 Å². The molecule has 1 heterocycles. The molecule has 1 N–H and O–H groups in total. The molecule has 0 unspecified atom stereocenters. The molecule has 1 aromatic carbocycles. The molecule has 0 bridgehead atoms. The van der Waals surface area contributed by atoms with Crippen molar-refractivity contribution < 1.29 is 13.5 Å². The smallest absolute Gasteiger partial charge is 0.164 e. The molecule has 0 aromatic heterocycles. The number of hydrogen-bond donors (Lipinski definition) is 1. The molecular weight excluding hydrogens is 200 g/mol. The first kappa shape index (κ1) is 10.5. The van der Waals surface area contributed by atoms with Crippen molar-refractivity contribution in [1.82, 2.24) is 5.32 Å². The van der Waals surface area contributed by atoms with Crippen LogP contribution in [0.1, 0.15) is 12.0 Å². The molecule has 1 aromatic rings. The van der Waals surface area contributed by atoms with Crippen molar-refractivity contribution in [3.63, 3.8) is 0 Å². The molecule has 1 fully saturated rings. The van der Waals surface area contributed by atoms with E-state index in [4.69, 9.17) is 4.74 Å². The van der Waals surface area contributed by atoms with Crippen molar-refractivity contribution in [3.8, 4) is 0 Å². The summed E-state index contributed by atoms with van der Waals surface area (Å²) in [5, 5.41) is 3.10. The van der Waals surface area contributed by atoms with Crippen molar-refractivity contribution in [2.75, 3.05) is 20.2 Å². The highest BCUT2D eigenvalue weighted by Gasteiger charge is 2.38. The molecular formula is C11H13F2NO. The Kier molecular flexibility index (Phi) is 2.71. The lowest BCUT2D eigenvalue weighted by molar-refractivity contribution is -0.000135. The Morgan fingerprint density at radius 1 is 1.40 bits per heavy atom. The van der Waals surface area contributed by atoms with Crippen LogP contribution in [0.15, 0.2) is 18.2 Å². The quantitative estimate of drug-likeness (QED) is 0.808. The molecule has 4 heteroatoms. The highest BCUT2D eigenvalue weighted by atomic mass is 19.2. The van der Waals surface area contributed by atoms with Crippen molar-refractivity contribution in [3.05, 3.63) is 35.4 Å². The average molecular weight is 213 g/mol. The van der Waals surface area contributed by atoms with Crippen molar-refractivity contribution in [2.45, 2.75) is 12.0 Å². The number of methoxy groups -OCH3 is 1. The summed E-state index contributed by atoms with van der Waals surface area (Å²) in [4.78, 5) is 0. The van der Waals surface area contributed by atoms with Gasteiger partial charge in [-0.05, 0) is 19.0 Å². The van der Waals surface area contributed by atoms with Crippen LogP contribution >= 0.6 is 0 Å². The monoisotopic (exact) mass is 213 g/mol. The van der Waals surface area contributed by atoms with Gasteiger partial charge in [-0.25, -0.2) is 8.78 Å². The first-order valence-electron chi connectivity index (χ1n) is 4.90. The van der Waals surface area contributed by atoms with E-state index in [2.05, 4.69) is 5.32 Å². The molecule has 0 spiro atoms.